The summed E-state index contributed by atoms with van der Waals surface area (Å²) in [5.41, 5.74) is 1.28. The van der Waals surface area contributed by atoms with Crippen molar-refractivity contribution in [1.29, 1.82) is 0 Å². The molecule has 2 heterocycles. The van der Waals surface area contributed by atoms with E-state index in [1.54, 1.807) is 7.11 Å². The Morgan fingerprint density at radius 1 is 1.25 bits per heavy atom. The van der Waals surface area contributed by atoms with Gasteiger partial charge in [-0.1, -0.05) is 18.2 Å². The summed E-state index contributed by atoms with van der Waals surface area (Å²) < 4.78 is 8.47. The van der Waals surface area contributed by atoms with Crippen LogP contribution in [0, 0.1) is 4.77 Å². The number of aromatic nitrogens is 2. The number of rotatable bonds is 7. The second-order valence-corrected chi connectivity index (χ2v) is 6.55. The summed E-state index contributed by atoms with van der Waals surface area (Å²) in [6, 6.07) is 8.74. The largest absolute Gasteiger partial charge is 0.496 e. The molecular weight excluding hydrogens is 320 g/mol. The number of benzene rings is 1. The molecule has 1 unspecified atom stereocenters. The van der Waals surface area contributed by atoms with Crippen LogP contribution in [0.2, 0.25) is 0 Å². The van der Waals surface area contributed by atoms with Crippen LogP contribution in [-0.4, -0.2) is 47.7 Å². The normalized spacial score (nSPS) is 18.6. The number of hydrogen-bond acceptors (Lipinski definition) is 4. The number of H-pyrrole nitrogens is 1. The Bertz CT molecular complexity index is 696. The molecular formula is C18H26N4OS. The number of ether oxygens (including phenoxy) is 1. The number of para-hydroxylation sites is 1. The van der Waals surface area contributed by atoms with Crippen LogP contribution >= 0.6 is 12.2 Å². The van der Waals surface area contributed by atoms with E-state index in [1.165, 1.54) is 12.0 Å². The number of hydrogen-bond donors (Lipinski definition) is 2. The first-order valence-corrected chi connectivity index (χ1v) is 9.02. The molecule has 130 valence electrons. The van der Waals surface area contributed by atoms with Gasteiger partial charge in [-0.2, -0.15) is 0 Å². The average molecular weight is 346 g/mol. The minimum Gasteiger partial charge on any atom is -0.496 e. The summed E-state index contributed by atoms with van der Waals surface area (Å²) >= 11 is 5.25. The molecule has 2 aromatic rings. The van der Waals surface area contributed by atoms with Crippen molar-refractivity contribution in [3.05, 3.63) is 47.0 Å². The summed E-state index contributed by atoms with van der Waals surface area (Å²) in [5.74, 6) is 0.981. The van der Waals surface area contributed by atoms with E-state index in [4.69, 9.17) is 17.0 Å². The Morgan fingerprint density at radius 3 is 2.88 bits per heavy atom. The van der Waals surface area contributed by atoms with Crippen LogP contribution in [0.1, 0.15) is 24.4 Å². The number of methoxy groups -OCH3 is 1. The lowest BCUT2D eigenvalue weighted by Crippen LogP contribution is -2.46. The highest BCUT2D eigenvalue weighted by Crippen LogP contribution is 2.30. The van der Waals surface area contributed by atoms with E-state index in [2.05, 4.69) is 38.0 Å². The molecule has 1 aliphatic rings. The smallest absolute Gasteiger partial charge is 0.177 e. The van der Waals surface area contributed by atoms with Crippen molar-refractivity contribution in [2.75, 3.05) is 33.3 Å². The molecule has 1 saturated heterocycles. The molecule has 24 heavy (non-hydrogen) atoms. The highest BCUT2D eigenvalue weighted by Gasteiger charge is 2.25. The van der Waals surface area contributed by atoms with Crippen LogP contribution in [0.4, 0.5) is 0 Å². The maximum atomic E-state index is 5.56. The van der Waals surface area contributed by atoms with Gasteiger partial charge in [0.1, 0.15) is 5.75 Å². The monoisotopic (exact) mass is 346 g/mol. The van der Waals surface area contributed by atoms with Gasteiger partial charge in [-0.25, -0.2) is 0 Å². The molecule has 5 nitrogen and oxygen atoms in total. The fourth-order valence-electron chi connectivity index (χ4n) is 3.38. The molecule has 0 amide bonds. The minimum absolute atomic E-state index is 0.379. The van der Waals surface area contributed by atoms with Crippen molar-refractivity contribution in [2.24, 2.45) is 0 Å². The molecule has 1 aliphatic heterocycles. The summed E-state index contributed by atoms with van der Waals surface area (Å²) in [4.78, 5) is 5.62. The lowest BCUT2D eigenvalue weighted by Gasteiger charge is -2.37. The predicted molar refractivity (Wildman–Crippen MR) is 99.0 cm³/mol. The standard InChI is InChI=1S/C18H26N4OS/c1-23-17-7-3-2-6-15(17)16-14-19-8-12-21(16)10-4-5-11-22-13-9-20-18(22)24/h2-3,6-7,9,13,16,19H,4-5,8,10-12,14H2,1H3,(H,20,24). The first kappa shape index (κ1) is 17.2. The van der Waals surface area contributed by atoms with Gasteiger partial charge in [0, 0.05) is 44.1 Å². The molecule has 0 aliphatic carbocycles. The molecule has 3 rings (SSSR count). The van der Waals surface area contributed by atoms with Crippen molar-refractivity contribution in [1.82, 2.24) is 19.8 Å². The summed E-state index contributed by atoms with van der Waals surface area (Å²) in [6.45, 7) is 5.18. The maximum absolute atomic E-state index is 5.56. The molecule has 0 saturated carbocycles. The number of piperazine rings is 1. The number of aromatic amines is 1. The lowest BCUT2D eigenvalue weighted by molar-refractivity contribution is 0.155. The van der Waals surface area contributed by atoms with E-state index >= 15 is 0 Å². The van der Waals surface area contributed by atoms with Crippen LogP contribution in [0.25, 0.3) is 0 Å². The molecule has 2 N–H and O–H groups in total. The third-order valence-corrected chi connectivity index (χ3v) is 5.02. The predicted octanol–water partition coefficient (Wildman–Crippen LogP) is 2.98. The first-order chi connectivity index (χ1) is 11.8. The minimum atomic E-state index is 0.379. The lowest BCUT2D eigenvalue weighted by atomic mass is 10.0. The van der Waals surface area contributed by atoms with E-state index in [0.29, 0.717) is 6.04 Å². The molecule has 0 radical (unpaired) electrons. The number of imidazole rings is 1. The molecule has 1 fully saturated rings. The topological polar surface area (TPSA) is 45.2 Å². The van der Waals surface area contributed by atoms with E-state index in [1.807, 2.05) is 18.5 Å². The Morgan fingerprint density at radius 2 is 2.08 bits per heavy atom. The fourth-order valence-corrected chi connectivity index (χ4v) is 3.60. The fraction of sp³-hybridized carbons (Fsp3) is 0.500. The Labute approximate surface area is 148 Å². The van der Waals surface area contributed by atoms with E-state index in [9.17, 15) is 0 Å². The number of aryl methyl sites for hydroxylation is 1. The van der Waals surface area contributed by atoms with E-state index in [0.717, 1.165) is 49.7 Å². The third-order valence-electron chi connectivity index (χ3n) is 4.67. The van der Waals surface area contributed by atoms with Crippen molar-refractivity contribution in [3.63, 3.8) is 0 Å². The third kappa shape index (κ3) is 4.06. The molecule has 6 heteroatoms. The van der Waals surface area contributed by atoms with Crippen molar-refractivity contribution < 1.29 is 4.74 Å². The summed E-state index contributed by atoms with van der Waals surface area (Å²) in [7, 11) is 1.75. The molecule has 1 aromatic heterocycles. The Balaban J connectivity index is 1.58. The van der Waals surface area contributed by atoms with Gasteiger partial charge in [0.15, 0.2) is 4.77 Å². The molecule has 1 aromatic carbocycles. The van der Waals surface area contributed by atoms with Gasteiger partial charge < -0.3 is 19.6 Å². The van der Waals surface area contributed by atoms with Gasteiger partial charge in [0.2, 0.25) is 0 Å². The Kier molecular flexibility index (Phi) is 6.07. The Hall–Kier alpha value is -1.63. The van der Waals surface area contributed by atoms with Gasteiger partial charge in [0.25, 0.3) is 0 Å². The van der Waals surface area contributed by atoms with E-state index < -0.39 is 0 Å². The van der Waals surface area contributed by atoms with Crippen LogP contribution in [0.3, 0.4) is 0 Å². The molecule has 1 atom stereocenters. The second kappa shape index (κ2) is 8.46. The quantitative estimate of drug-likeness (QED) is 0.598. The molecule has 0 spiro atoms. The highest BCUT2D eigenvalue weighted by molar-refractivity contribution is 7.71. The van der Waals surface area contributed by atoms with Crippen LogP contribution < -0.4 is 10.1 Å². The average Bonchev–Trinajstić information content (AvgIpc) is 3.04. The number of nitrogens with zero attached hydrogens (tertiary/aromatic N) is 2. The van der Waals surface area contributed by atoms with Crippen LogP contribution in [-0.2, 0) is 6.54 Å². The van der Waals surface area contributed by atoms with Crippen molar-refractivity contribution in [3.8, 4) is 5.75 Å². The summed E-state index contributed by atoms with van der Waals surface area (Å²) in [6.07, 6.45) is 6.22. The van der Waals surface area contributed by atoms with Crippen LogP contribution in [0.15, 0.2) is 36.7 Å². The zero-order chi connectivity index (χ0) is 16.8. The zero-order valence-electron chi connectivity index (χ0n) is 14.2. The second-order valence-electron chi connectivity index (χ2n) is 6.16. The maximum Gasteiger partial charge on any atom is 0.177 e. The van der Waals surface area contributed by atoms with Gasteiger partial charge >= 0.3 is 0 Å². The van der Waals surface area contributed by atoms with Crippen LogP contribution in [0.5, 0.6) is 5.75 Å². The highest BCUT2D eigenvalue weighted by atomic mass is 32.1. The van der Waals surface area contributed by atoms with Gasteiger partial charge in [-0.3, -0.25) is 4.90 Å². The zero-order valence-corrected chi connectivity index (χ0v) is 15.0. The summed E-state index contributed by atoms with van der Waals surface area (Å²) in [5, 5.41) is 3.52. The number of unbranched alkanes of at least 4 members (excludes halogenated alkanes) is 1. The van der Waals surface area contributed by atoms with Crippen molar-refractivity contribution in [2.45, 2.75) is 25.4 Å². The number of nitrogens with one attached hydrogen (secondary N) is 2. The van der Waals surface area contributed by atoms with Crippen molar-refractivity contribution >= 4 is 12.2 Å². The van der Waals surface area contributed by atoms with Gasteiger partial charge in [0.05, 0.1) is 13.2 Å². The van der Waals surface area contributed by atoms with E-state index in [-0.39, 0.29) is 0 Å². The molecule has 0 bridgehead atoms. The SMILES string of the molecule is COc1ccccc1C1CNCCN1CCCCn1cc[nH]c1=S. The van der Waals surface area contributed by atoms with Gasteiger partial charge in [-0.15, -0.1) is 0 Å². The first-order valence-electron chi connectivity index (χ1n) is 8.61. The van der Waals surface area contributed by atoms with Gasteiger partial charge in [-0.05, 0) is 37.7 Å².